The molecular weight excluding hydrogens is 322 g/mol. The van der Waals surface area contributed by atoms with E-state index in [1.165, 1.54) is 0 Å². The summed E-state index contributed by atoms with van der Waals surface area (Å²) < 4.78 is 8.04. The zero-order chi connectivity index (χ0) is 14.1. The molecule has 2 heterocycles. The van der Waals surface area contributed by atoms with Gasteiger partial charge in [-0.1, -0.05) is 15.9 Å². The molecule has 104 valence electrons. The molecule has 0 saturated heterocycles. The fourth-order valence-corrected chi connectivity index (χ4v) is 2.72. The number of rotatable bonds is 3. The molecule has 1 aliphatic rings. The van der Waals surface area contributed by atoms with Gasteiger partial charge in [-0.3, -0.25) is 4.79 Å². The van der Waals surface area contributed by atoms with Crippen LogP contribution in [0.5, 0.6) is 0 Å². The summed E-state index contributed by atoms with van der Waals surface area (Å²) in [5.74, 6) is 0.430. The molecule has 2 aromatic rings. The Morgan fingerprint density at radius 1 is 1.40 bits per heavy atom. The average molecular weight is 336 g/mol. The van der Waals surface area contributed by atoms with Crippen molar-refractivity contribution in [3.05, 3.63) is 46.5 Å². The number of benzene rings is 1. The Kier molecular flexibility index (Phi) is 3.58. The van der Waals surface area contributed by atoms with Gasteiger partial charge < -0.3 is 14.2 Å². The molecule has 20 heavy (non-hydrogen) atoms. The second-order valence-electron chi connectivity index (χ2n) is 4.61. The van der Waals surface area contributed by atoms with Crippen molar-refractivity contribution in [2.75, 3.05) is 18.6 Å². The number of carbonyl (C=O) groups is 1. The molecule has 0 fully saturated rings. The molecule has 0 N–H and O–H groups in total. The predicted molar refractivity (Wildman–Crippen MR) is 78.8 cm³/mol. The standard InChI is InChI=1S/C14H14BrN3O2/c1-20-9-10-8-11(2-3-12(10)15)18-7-6-17-5-4-16-13(17)14(18)19/h2-5,8H,6-7,9H2,1H3. The van der Waals surface area contributed by atoms with Gasteiger partial charge in [-0.25, -0.2) is 4.98 Å². The van der Waals surface area contributed by atoms with Crippen LogP contribution in [-0.4, -0.2) is 29.1 Å². The van der Waals surface area contributed by atoms with E-state index < -0.39 is 0 Å². The van der Waals surface area contributed by atoms with Crippen molar-refractivity contribution >= 4 is 27.5 Å². The van der Waals surface area contributed by atoms with E-state index in [1.807, 2.05) is 29.0 Å². The summed E-state index contributed by atoms with van der Waals surface area (Å²) in [6.45, 7) is 1.91. The third-order valence-electron chi connectivity index (χ3n) is 3.36. The number of nitrogens with zero attached hydrogens (tertiary/aromatic N) is 3. The largest absolute Gasteiger partial charge is 0.380 e. The second kappa shape index (κ2) is 5.38. The Balaban J connectivity index is 1.94. The first-order chi connectivity index (χ1) is 9.70. The Morgan fingerprint density at radius 2 is 2.25 bits per heavy atom. The van der Waals surface area contributed by atoms with Crippen molar-refractivity contribution in [3.63, 3.8) is 0 Å². The molecule has 5 nitrogen and oxygen atoms in total. The number of hydrogen-bond acceptors (Lipinski definition) is 3. The molecule has 0 bridgehead atoms. The molecule has 6 heteroatoms. The van der Waals surface area contributed by atoms with Crippen LogP contribution in [0.4, 0.5) is 5.69 Å². The van der Waals surface area contributed by atoms with Gasteiger partial charge in [0.15, 0.2) is 5.82 Å². The van der Waals surface area contributed by atoms with Gasteiger partial charge in [0, 0.05) is 42.8 Å². The number of hydrogen-bond donors (Lipinski definition) is 0. The highest BCUT2D eigenvalue weighted by atomic mass is 79.9. The quantitative estimate of drug-likeness (QED) is 0.865. The van der Waals surface area contributed by atoms with Crippen LogP contribution in [0.3, 0.4) is 0 Å². The van der Waals surface area contributed by atoms with Crippen LogP contribution >= 0.6 is 15.9 Å². The minimum atomic E-state index is -0.0630. The summed E-state index contributed by atoms with van der Waals surface area (Å²) in [5.41, 5.74) is 1.89. The van der Waals surface area contributed by atoms with E-state index in [1.54, 1.807) is 18.2 Å². The first-order valence-corrected chi connectivity index (χ1v) is 7.10. The van der Waals surface area contributed by atoms with Gasteiger partial charge in [0.05, 0.1) is 6.61 Å². The number of halogens is 1. The molecule has 0 unspecified atom stereocenters. The van der Waals surface area contributed by atoms with Crippen molar-refractivity contribution < 1.29 is 9.53 Å². The molecule has 1 aromatic heterocycles. The molecule has 0 saturated carbocycles. The smallest absolute Gasteiger partial charge is 0.294 e. The van der Waals surface area contributed by atoms with Crippen LogP contribution in [-0.2, 0) is 17.9 Å². The van der Waals surface area contributed by atoms with E-state index in [4.69, 9.17) is 4.74 Å². The maximum absolute atomic E-state index is 12.4. The number of amides is 1. The molecule has 0 spiro atoms. The lowest BCUT2D eigenvalue weighted by molar-refractivity contribution is 0.0959. The molecular formula is C14H14BrN3O2. The highest BCUT2D eigenvalue weighted by Gasteiger charge is 2.26. The van der Waals surface area contributed by atoms with Crippen LogP contribution in [0.1, 0.15) is 16.2 Å². The summed E-state index contributed by atoms with van der Waals surface area (Å²) in [6.07, 6.45) is 3.50. The predicted octanol–water partition coefficient (Wildman–Crippen LogP) is 2.45. The Labute approximate surface area is 125 Å². The third kappa shape index (κ3) is 2.25. The second-order valence-corrected chi connectivity index (χ2v) is 5.46. The Bertz CT molecular complexity index is 654. The number of ether oxygens (including phenoxy) is 1. The van der Waals surface area contributed by atoms with Crippen LogP contribution in [0.25, 0.3) is 0 Å². The molecule has 0 radical (unpaired) electrons. The minimum Gasteiger partial charge on any atom is -0.380 e. The van der Waals surface area contributed by atoms with E-state index in [-0.39, 0.29) is 5.91 Å². The zero-order valence-electron chi connectivity index (χ0n) is 11.0. The topological polar surface area (TPSA) is 47.4 Å². The molecule has 3 rings (SSSR count). The number of fused-ring (bicyclic) bond motifs is 1. The van der Waals surface area contributed by atoms with E-state index in [0.29, 0.717) is 19.0 Å². The summed E-state index contributed by atoms with van der Waals surface area (Å²) in [4.78, 5) is 18.3. The molecule has 0 aliphatic carbocycles. The summed E-state index contributed by atoms with van der Waals surface area (Å²) in [7, 11) is 1.65. The lowest BCUT2D eigenvalue weighted by Gasteiger charge is -2.28. The van der Waals surface area contributed by atoms with E-state index in [9.17, 15) is 4.79 Å². The van der Waals surface area contributed by atoms with Gasteiger partial charge in [0.1, 0.15) is 0 Å². The van der Waals surface area contributed by atoms with Gasteiger partial charge in [0.2, 0.25) is 0 Å². The van der Waals surface area contributed by atoms with Crippen molar-refractivity contribution in [1.82, 2.24) is 9.55 Å². The number of carbonyl (C=O) groups excluding carboxylic acids is 1. The van der Waals surface area contributed by atoms with Crippen LogP contribution in [0, 0.1) is 0 Å². The molecule has 0 atom stereocenters. The van der Waals surface area contributed by atoms with E-state index >= 15 is 0 Å². The minimum absolute atomic E-state index is 0.0630. The van der Waals surface area contributed by atoms with Crippen LogP contribution in [0.2, 0.25) is 0 Å². The molecule has 1 aromatic carbocycles. The fraction of sp³-hybridized carbons (Fsp3) is 0.286. The maximum atomic E-state index is 12.4. The Morgan fingerprint density at radius 3 is 3.05 bits per heavy atom. The van der Waals surface area contributed by atoms with E-state index in [2.05, 4.69) is 20.9 Å². The van der Waals surface area contributed by atoms with Gasteiger partial charge in [-0.15, -0.1) is 0 Å². The van der Waals surface area contributed by atoms with Crippen molar-refractivity contribution in [2.24, 2.45) is 0 Å². The fourth-order valence-electron chi connectivity index (χ4n) is 2.36. The Hall–Kier alpha value is -1.66. The molecule has 1 amide bonds. The first-order valence-electron chi connectivity index (χ1n) is 6.31. The van der Waals surface area contributed by atoms with Gasteiger partial charge in [-0.05, 0) is 23.8 Å². The highest BCUT2D eigenvalue weighted by molar-refractivity contribution is 9.10. The highest BCUT2D eigenvalue weighted by Crippen LogP contribution is 2.26. The lowest BCUT2D eigenvalue weighted by Crippen LogP contribution is -2.40. The van der Waals surface area contributed by atoms with Crippen molar-refractivity contribution in [1.29, 1.82) is 0 Å². The van der Waals surface area contributed by atoms with Gasteiger partial charge in [-0.2, -0.15) is 0 Å². The maximum Gasteiger partial charge on any atom is 0.294 e. The van der Waals surface area contributed by atoms with Crippen molar-refractivity contribution in [2.45, 2.75) is 13.2 Å². The van der Waals surface area contributed by atoms with Gasteiger partial charge >= 0.3 is 0 Å². The number of methoxy groups -OCH3 is 1. The first kappa shape index (κ1) is 13.3. The number of aromatic nitrogens is 2. The van der Waals surface area contributed by atoms with Crippen LogP contribution in [0.15, 0.2) is 35.1 Å². The SMILES string of the molecule is COCc1cc(N2CCn3ccnc3C2=O)ccc1Br. The van der Waals surface area contributed by atoms with Crippen molar-refractivity contribution in [3.8, 4) is 0 Å². The zero-order valence-corrected chi connectivity index (χ0v) is 12.6. The number of anilines is 1. The van der Waals surface area contributed by atoms with E-state index in [0.717, 1.165) is 22.3 Å². The normalized spacial score (nSPS) is 14.5. The summed E-state index contributed by atoms with van der Waals surface area (Å²) in [5, 5.41) is 0. The molecule has 1 aliphatic heterocycles. The average Bonchev–Trinajstić information content (AvgIpc) is 2.92. The number of imidazole rings is 1. The van der Waals surface area contributed by atoms with Crippen LogP contribution < -0.4 is 4.90 Å². The lowest BCUT2D eigenvalue weighted by atomic mass is 10.2. The monoisotopic (exact) mass is 335 g/mol. The van der Waals surface area contributed by atoms with Gasteiger partial charge in [0.25, 0.3) is 5.91 Å². The summed E-state index contributed by atoms with van der Waals surface area (Å²) >= 11 is 3.49. The summed E-state index contributed by atoms with van der Waals surface area (Å²) in [6, 6.07) is 5.85. The third-order valence-corrected chi connectivity index (χ3v) is 4.13.